The van der Waals surface area contributed by atoms with Crippen LogP contribution in [-0.2, 0) is 32.2 Å². The van der Waals surface area contributed by atoms with Gasteiger partial charge in [-0.25, -0.2) is 0 Å². The molecule has 0 spiro atoms. The molecular formula is C15H23N3O4. The summed E-state index contributed by atoms with van der Waals surface area (Å²) >= 11 is 0. The summed E-state index contributed by atoms with van der Waals surface area (Å²) in [7, 11) is 4.89. The van der Waals surface area contributed by atoms with Crippen LogP contribution < -0.4 is 0 Å². The summed E-state index contributed by atoms with van der Waals surface area (Å²) in [4.78, 5) is 27.0. The van der Waals surface area contributed by atoms with E-state index in [4.69, 9.17) is 9.47 Å². The van der Waals surface area contributed by atoms with Gasteiger partial charge in [0.05, 0.1) is 19.2 Å². The minimum atomic E-state index is -0.224. The Balaban J connectivity index is 2.06. The van der Waals surface area contributed by atoms with Gasteiger partial charge in [-0.2, -0.15) is 0 Å². The van der Waals surface area contributed by atoms with Crippen LogP contribution in [0, 0.1) is 0 Å². The quantitative estimate of drug-likeness (QED) is 0.765. The average Bonchev–Trinajstić information content (AvgIpc) is 2.83. The molecule has 22 heavy (non-hydrogen) atoms. The smallest absolute Gasteiger partial charge is 0.248 e. The summed E-state index contributed by atoms with van der Waals surface area (Å²) in [6, 6.07) is 3.93. The first kappa shape index (κ1) is 16.5. The molecule has 1 aliphatic heterocycles. The number of amides is 2. The molecular weight excluding hydrogens is 286 g/mol. The summed E-state index contributed by atoms with van der Waals surface area (Å²) in [5.74, 6) is -0.170. The van der Waals surface area contributed by atoms with Crippen molar-refractivity contribution in [2.75, 3.05) is 41.0 Å². The van der Waals surface area contributed by atoms with E-state index in [1.807, 2.05) is 18.3 Å². The maximum absolute atomic E-state index is 12.1. The zero-order valence-electron chi connectivity index (χ0n) is 13.3. The number of carbonyl (C=O) groups excluding carboxylic acids is 2. The maximum atomic E-state index is 12.1. The molecule has 0 N–H and O–H groups in total. The summed E-state index contributed by atoms with van der Waals surface area (Å²) < 4.78 is 12.7. The standard InChI is InChI=1S/C15H23N3O4/c1-16(2)14(19)11-22-13-8-17-6-4-5-12(17)7-18(9-13)15(20)10-21-3/h4-6,13H,7-11H2,1-3H3/t13-/m1/s1. The number of rotatable bonds is 5. The Labute approximate surface area is 130 Å². The van der Waals surface area contributed by atoms with Crippen LogP contribution >= 0.6 is 0 Å². The number of aromatic nitrogens is 1. The molecule has 0 bridgehead atoms. The first-order valence-corrected chi connectivity index (χ1v) is 7.23. The van der Waals surface area contributed by atoms with Crippen molar-refractivity contribution in [1.29, 1.82) is 0 Å². The molecule has 0 unspecified atom stereocenters. The third-order valence-corrected chi connectivity index (χ3v) is 3.66. The highest BCUT2D eigenvalue weighted by Crippen LogP contribution is 2.15. The lowest BCUT2D eigenvalue weighted by molar-refractivity contribution is -0.140. The van der Waals surface area contributed by atoms with Crippen LogP contribution in [0.2, 0.25) is 0 Å². The van der Waals surface area contributed by atoms with Gasteiger partial charge in [-0.05, 0) is 12.1 Å². The Morgan fingerprint density at radius 2 is 2.09 bits per heavy atom. The van der Waals surface area contributed by atoms with E-state index in [0.29, 0.717) is 19.6 Å². The van der Waals surface area contributed by atoms with E-state index in [-0.39, 0.29) is 31.1 Å². The molecule has 2 rings (SSSR count). The molecule has 0 aliphatic carbocycles. The summed E-state index contributed by atoms with van der Waals surface area (Å²) in [5.41, 5.74) is 1.05. The Bertz CT molecular complexity index is 527. The molecule has 1 atom stereocenters. The number of carbonyl (C=O) groups is 2. The van der Waals surface area contributed by atoms with Crippen LogP contribution in [0.4, 0.5) is 0 Å². The molecule has 0 radical (unpaired) electrons. The Morgan fingerprint density at radius 1 is 1.32 bits per heavy atom. The summed E-state index contributed by atoms with van der Waals surface area (Å²) in [5, 5.41) is 0. The van der Waals surface area contributed by atoms with Gasteiger partial charge in [0.15, 0.2) is 0 Å². The van der Waals surface area contributed by atoms with Gasteiger partial charge in [0, 0.05) is 39.6 Å². The predicted molar refractivity (Wildman–Crippen MR) is 80.2 cm³/mol. The Morgan fingerprint density at radius 3 is 2.77 bits per heavy atom. The molecule has 2 heterocycles. The largest absolute Gasteiger partial charge is 0.375 e. The highest BCUT2D eigenvalue weighted by Gasteiger charge is 2.25. The van der Waals surface area contributed by atoms with E-state index in [2.05, 4.69) is 4.57 Å². The Kier molecular flexibility index (Phi) is 5.57. The van der Waals surface area contributed by atoms with E-state index < -0.39 is 0 Å². The van der Waals surface area contributed by atoms with Crippen molar-refractivity contribution in [1.82, 2.24) is 14.4 Å². The zero-order chi connectivity index (χ0) is 16.1. The minimum absolute atomic E-state index is 0.0145. The highest BCUT2D eigenvalue weighted by molar-refractivity contribution is 5.77. The molecule has 7 nitrogen and oxygen atoms in total. The SMILES string of the molecule is COCC(=O)N1Cc2cccn2C[C@@H](OCC(=O)N(C)C)C1. The molecule has 0 saturated carbocycles. The summed E-state index contributed by atoms with van der Waals surface area (Å²) in [6.45, 7) is 1.66. The van der Waals surface area contributed by atoms with Crippen molar-refractivity contribution in [2.45, 2.75) is 19.2 Å². The molecule has 1 aromatic rings. The monoisotopic (exact) mass is 309 g/mol. The first-order chi connectivity index (χ1) is 10.5. The third-order valence-electron chi connectivity index (χ3n) is 3.66. The molecule has 0 fully saturated rings. The summed E-state index contributed by atoms with van der Waals surface area (Å²) in [6.07, 6.45) is 1.74. The van der Waals surface area contributed by atoms with Crippen molar-refractivity contribution in [3.8, 4) is 0 Å². The fourth-order valence-corrected chi connectivity index (χ4v) is 2.38. The normalized spacial score (nSPS) is 17.8. The van der Waals surface area contributed by atoms with E-state index in [1.54, 1.807) is 19.0 Å². The van der Waals surface area contributed by atoms with Gasteiger partial charge in [-0.1, -0.05) is 0 Å². The number of hydrogen-bond acceptors (Lipinski definition) is 4. The van der Waals surface area contributed by atoms with Crippen LogP contribution in [0.3, 0.4) is 0 Å². The lowest BCUT2D eigenvalue weighted by Crippen LogP contribution is -2.40. The number of methoxy groups -OCH3 is 1. The zero-order valence-corrected chi connectivity index (χ0v) is 13.3. The van der Waals surface area contributed by atoms with Crippen molar-refractivity contribution >= 4 is 11.8 Å². The number of likely N-dealkylation sites (N-methyl/N-ethyl adjacent to an activating group) is 1. The van der Waals surface area contributed by atoms with Gasteiger partial charge in [-0.15, -0.1) is 0 Å². The number of fused-ring (bicyclic) bond motifs is 1. The Hall–Kier alpha value is -1.86. The van der Waals surface area contributed by atoms with E-state index in [0.717, 1.165) is 5.69 Å². The third kappa shape index (κ3) is 4.08. The van der Waals surface area contributed by atoms with Crippen LogP contribution in [0.25, 0.3) is 0 Å². The van der Waals surface area contributed by atoms with Gasteiger partial charge in [0.1, 0.15) is 13.2 Å². The molecule has 7 heteroatoms. The predicted octanol–water partition coefficient (Wildman–Crippen LogP) is -0.0499. The van der Waals surface area contributed by atoms with Crippen molar-refractivity contribution in [2.24, 2.45) is 0 Å². The first-order valence-electron chi connectivity index (χ1n) is 7.23. The molecule has 1 aromatic heterocycles. The van der Waals surface area contributed by atoms with Gasteiger partial charge in [-0.3, -0.25) is 9.59 Å². The molecule has 122 valence electrons. The van der Waals surface area contributed by atoms with E-state index in [1.165, 1.54) is 12.0 Å². The minimum Gasteiger partial charge on any atom is -0.375 e. The van der Waals surface area contributed by atoms with E-state index in [9.17, 15) is 9.59 Å². The van der Waals surface area contributed by atoms with Crippen LogP contribution in [-0.4, -0.2) is 73.2 Å². The van der Waals surface area contributed by atoms with Gasteiger partial charge < -0.3 is 23.8 Å². The highest BCUT2D eigenvalue weighted by atomic mass is 16.5. The second-order valence-corrected chi connectivity index (χ2v) is 5.58. The number of nitrogens with zero attached hydrogens (tertiary/aromatic N) is 3. The lowest BCUT2D eigenvalue weighted by Gasteiger charge is -2.24. The van der Waals surface area contributed by atoms with Crippen LogP contribution in [0.5, 0.6) is 0 Å². The number of hydrogen-bond donors (Lipinski definition) is 0. The van der Waals surface area contributed by atoms with Crippen molar-refractivity contribution in [3.05, 3.63) is 24.0 Å². The van der Waals surface area contributed by atoms with Crippen LogP contribution in [0.15, 0.2) is 18.3 Å². The van der Waals surface area contributed by atoms with Crippen LogP contribution in [0.1, 0.15) is 5.69 Å². The maximum Gasteiger partial charge on any atom is 0.248 e. The number of ether oxygens (including phenoxy) is 2. The lowest BCUT2D eigenvalue weighted by atomic mass is 10.3. The second-order valence-electron chi connectivity index (χ2n) is 5.58. The van der Waals surface area contributed by atoms with Gasteiger partial charge in [0.2, 0.25) is 11.8 Å². The molecule has 2 amide bonds. The molecule has 0 aromatic carbocycles. The average molecular weight is 309 g/mol. The van der Waals surface area contributed by atoms with Gasteiger partial charge >= 0.3 is 0 Å². The van der Waals surface area contributed by atoms with E-state index >= 15 is 0 Å². The van der Waals surface area contributed by atoms with Gasteiger partial charge in [0.25, 0.3) is 0 Å². The van der Waals surface area contributed by atoms with Crippen molar-refractivity contribution < 1.29 is 19.1 Å². The second kappa shape index (κ2) is 7.42. The fraction of sp³-hybridized carbons (Fsp3) is 0.600. The fourth-order valence-electron chi connectivity index (χ4n) is 2.38. The van der Waals surface area contributed by atoms with Crippen molar-refractivity contribution in [3.63, 3.8) is 0 Å². The topological polar surface area (TPSA) is 64.0 Å². The molecule has 1 aliphatic rings. The molecule has 0 saturated heterocycles.